The number of para-hydroxylation sites is 1. The van der Waals surface area contributed by atoms with Crippen molar-refractivity contribution in [2.75, 3.05) is 25.2 Å². The molecule has 0 aromatic heterocycles. The van der Waals surface area contributed by atoms with E-state index in [-0.39, 0.29) is 17.9 Å². The number of carbonyl (C=O) groups excluding carboxylic acids is 3. The second kappa shape index (κ2) is 10.8. The van der Waals surface area contributed by atoms with Gasteiger partial charge in [-0.3, -0.25) is 14.9 Å². The quantitative estimate of drug-likeness (QED) is 0.283. The third-order valence-corrected chi connectivity index (χ3v) is 5.29. The molecule has 0 unspecified atom stereocenters. The van der Waals surface area contributed by atoms with Crippen molar-refractivity contribution in [3.05, 3.63) is 89.0 Å². The van der Waals surface area contributed by atoms with Crippen LogP contribution in [-0.2, 0) is 9.59 Å². The van der Waals surface area contributed by atoms with E-state index in [2.05, 4.69) is 5.32 Å². The molecule has 1 N–H and O–H groups in total. The molecule has 35 heavy (non-hydrogen) atoms. The highest BCUT2D eigenvalue weighted by Crippen LogP contribution is 2.30. The van der Waals surface area contributed by atoms with Gasteiger partial charge in [-0.1, -0.05) is 35.9 Å². The zero-order valence-corrected chi connectivity index (χ0v) is 19.5. The molecule has 1 aliphatic heterocycles. The maximum atomic E-state index is 13.0. The summed E-state index contributed by atoms with van der Waals surface area (Å²) in [4.78, 5) is 38.7. The number of urea groups is 1. The number of ether oxygens (including phenoxy) is 3. The summed E-state index contributed by atoms with van der Waals surface area (Å²) in [7, 11) is 1.49. The summed E-state index contributed by atoms with van der Waals surface area (Å²) in [5, 5.41) is 2.64. The van der Waals surface area contributed by atoms with Gasteiger partial charge < -0.3 is 14.2 Å². The Labute approximate surface area is 206 Å². The number of amides is 4. The number of nitrogens with one attached hydrogen (secondary N) is 1. The third-order valence-electron chi connectivity index (χ3n) is 5.04. The first kappa shape index (κ1) is 23.8. The molecule has 178 valence electrons. The monoisotopic (exact) mass is 492 g/mol. The van der Waals surface area contributed by atoms with Crippen LogP contribution in [0.5, 0.6) is 17.2 Å². The largest absolute Gasteiger partial charge is 0.493 e. The first-order valence-corrected chi connectivity index (χ1v) is 11.0. The SMILES string of the molecule is COc1cc(/C=C2/C(=O)NC(=O)N(c3ccc(Cl)cc3)C2=O)ccc1OCCOc1ccccc1. The van der Waals surface area contributed by atoms with Crippen molar-refractivity contribution < 1.29 is 28.6 Å². The minimum atomic E-state index is -0.835. The Hall–Kier alpha value is -4.30. The van der Waals surface area contributed by atoms with E-state index in [0.717, 1.165) is 10.6 Å². The van der Waals surface area contributed by atoms with E-state index in [4.69, 9.17) is 25.8 Å². The van der Waals surface area contributed by atoms with Crippen LogP contribution in [0.4, 0.5) is 10.5 Å². The summed E-state index contributed by atoms with van der Waals surface area (Å²) in [5.74, 6) is 0.0876. The van der Waals surface area contributed by atoms with E-state index in [9.17, 15) is 14.4 Å². The van der Waals surface area contributed by atoms with Crippen LogP contribution < -0.4 is 24.4 Å². The molecule has 1 fully saturated rings. The number of nitrogens with zero attached hydrogens (tertiary/aromatic N) is 1. The highest BCUT2D eigenvalue weighted by molar-refractivity contribution is 6.39. The van der Waals surface area contributed by atoms with Crippen LogP contribution >= 0.6 is 11.6 Å². The lowest BCUT2D eigenvalue weighted by atomic mass is 10.1. The van der Waals surface area contributed by atoms with Gasteiger partial charge in [-0.2, -0.15) is 0 Å². The minimum absolute atomic E-state index is 0.202. The molecule has 3 aromatic carbocycles. The highest BCUT2D eigenvalue weighted by Gasteiger charge is 2.36. The lowest BCUT2D eigenvalue weighted by Crippen LogP contribution is -2.54. The maximum Gasteiger partial charge on any atom is 0.335 e. The normalized spacial score (nSPS) is 14.6. The molecule has 0 spiro atoms. The molecule has 4 rings (SSSR count). The van der Waals surface area contributed by atoms with Gasteiger partial charge in [0.15, 0.2) is 11.5 Å². The first-order chi connectivity index (χ1) is 17.0. The van der Waals surface area contributed by atoms with Crippen LogP contribution in [0, 0.1) is 0 Å². The number of hydrogen-bond acceptors (Lipinski definition) is 6. The number of halogens is 1. The van der Waals surface area contributed by atoms with E-state index >= 15 is 0 Å². The van der Waals surface area contributed by atoms with Gasteiger partial charge in [0.1, 0.15) is 24.5 Å². The van der Waals surface area contributed by atoms with Gasteiger partial charge in [0, 0.05) is 5.02 Å². The zero-order valence-electron chi connectivity index (χ0n) is 18.7. The first-order valence-electron chi connectivity index (χ1n) is 10.6. The molecule has 1 saturated heterocycles. The predicted octanol–water partition coefficient (Wildman–Crippen LogP) is 4.47. The van der Waals surface area contributed by atoms with Crippen LogP contribution in [0.3, 0.4) is 0 Å². The van der Waals surface area contributed by atoms with Gasteiger partial charge in [-0.25, -0.2) is 9.69 Å². The number of methoxy groups -OCH3 is 1. The Kier molecular flexibility index (Phi) is 7.32. The second-order valence-corrected chi connectivity index (χ2v) is 7.79. The number of barbiturate groups is 1. The van der Waals surface area contributed by atoms with Crippen molar-refractivity contribution in [2.45, 2.75) is 0 Å². The van der Waals surface area contributed by atoms with Crippen molar-refractivity contribution in [3.63, 3.8) is 0 Å². The van der Waals surface area contributed by atoms with E-state index in [0.29, 0.717) is 28.7 Å². The Morgan fingerprint density at radius 2 is 1.60 bits per heavy atom. The third kappa shape index (κ3) is 5.62. The van der Waals surface area contributed by atoms with Gasteiger partial charge in [0.25, 0.3) is 11.8 Å². The van der Waals surface area contributed by atoms with Crippen molar-refractivity contribution in [2.24, 2.45) is 0 Å². The van der Waals surface area contributed by atoms with Crippen LogP contribution in [0.2, 0.25) is 5.02 Å². The van der Waals surface area contributed by atoms with Crippen molar-refractivity contribution >= 4 is 41.2 Å². The minimum Gasteiger partial charge on any atom is -0.493 e. The molecule has 1 aliphatic rings. The van der Waals surface area contributed by atoms with Gasteiger partial charge in [-0.15, -0.1) is 0 Å². The van der Waals surface area contributed by atoms with E-state index in [1.165, 1.54) is 25.3 Å². The Bertz CT molecular complexity index is 1270. The topological polar surface area (TPSA) is 94.2 Å². The average Bonchev–Trinajstić information content (AvgIpc) is 2.86. The Balaban J connectivity index is 1.49. The number of imide groups is 2. The summed E-state index contributed by atoms with van der Waals surface area (Å²) < 4.78 is 16.8. The molecule has 0 saturated carbocycles. The number of benzene rings is 3. The Morgan fingerprint density at radius 1 is 0.886 bits per heavy atom. The van der Waals surface area contributed by atoms with E-state index in [1.807, 2.05) is 30.3 Å². The molecule has 1 heterocycles. The fraction of sp³-hybridized carbons (Fsp3) is 0.115. The number of hydrogen-bond donors (Lipinski definition) is 1. The summed E-state index contributed by atoms with van der Waals surface area (Å²) in [6.45, 7) is 0.618. The molecular formula is C26H21ClN2O6. The van der Waals surface area contributed by atoms with Crippen LogP contribution in [-0.4, -0.2) is 38.2 Å². The summed E-state index contributed by atoms with van der Waals surface area (Å²) in [6.07, 6.45) is 1.39. The summed E-state index contributed by atoms with van der Waals surface area (Å²) in [5.41, 5.74) is 0.597. The molecule has 9 heteroatoms. The van der Waals surface area contributed by atoms with Gasteiger partial charge in [-0.05, 0) is 60.2 Å². The smallest absolute Gasteiger partial charge is 0.335 e. The van der Waals surface area contributed by atoms with E-state index < -0.39 is 17.8 Å². The maximum absolute atomic E-state index is 13.0. The lowest BCUT2D eigenvalue weighted by molar-refractivity contribution is -0.122. The molecule has 8 nitrogen and oxygen atoms in total. The highest BCUT2D eigenvalue weighted by atomic mass is 35.5. The van der Waals surface area contributed by atoms with Gasteiger partial charge >= 0.3 is 6.03 Å². The molecule has 0 aliphatic carbocycles. The molecule has 4 amide bonds. The molecule has 0 atom stereocenters. The summed E-state index contributed by atoms with van der Waals surface area (Å²) >= 11 is 5.89. The van der Waals surface area contributed by atoms with Crippen molar-refractivity contribution in [3.8, 4) is 17.2 Å². The van der Waals surface area contributed by atoms with Crippen molar-refractivity contribution in [1.82, 2.24) is 5.32 Å². The number of anilines is 1. The fourth-order valence-electron chi connectivity index (χ4n) is 3.37. The van der Waals surface area contributed by atoms with Crippen LogP contribution in [0.25, 0.3) is 6.08 Å². The average molecular weight is 493 g/mol. The predicted molar refractivity (Wildman–Crippen MR) is 131 cm³/mol. The molecule has 3 aromatic rings. The zero-order chi connectivity index (χ0) is 24.8. The van der Waals surface area contributed by atoms with Crippen LogP contribution in [0.15, 0.2) is 78.4 Å². The molecular weight excluding hydrogens is 472 g/mol. The van der Waals surface area contributed by atoms with Crippen LogP contribution in [0.1, 0.15) is 5.56 Å². The number of rotatable bonds is 8. The van der Waals surface area contributed by atoms with Gasteiger partial charge in [0.2, 0.25) is 0 Å². The standard InChI is InChI=1S/C26H21ClN2O6/c1-33-23-16-17(7-12-22(23)35-14-13-34-20-5-3-2-4-6-20)15-21-24(30)28-26(32)29(25(21)31)19-10-8-18(27)9-11-19/h2-12,15-16H,13-14H2,1H3,(H,28,30,32)/b21-15-. The van der Waals surface area contributed by atoms with E-state index in [1.54, 1.807) is 30.3 Å². The fourth-order valence-corrected chi connectivity index (χ4v) is 3.50. The Morgan fingerprint density at radius 3 is 2.31 bits per heavy atom. The number of carbonyl (C=O) groups is 3. The molecule has 0 bridgehead atoms. The lowest BCUT2D eigenvalue weighted by Gasteiger charge is -2.26. The molecule has 0 radical (unpaired) electrons. The summed E-state index contributed by atoms with van der Waals surface area (Å²) in [6, 6.07) is 19.6. The van der Waals surface area contributed by atoms with Gasteiger partial charge in [0.05, 0.1) is 12.8 Å². The second-order valence-electron chi connectivity index (χ2n) is 7.35. The van der Waals surface area contributed by atoms with Crippen molar-refractivity contribution in [1.29, 1.82) is 0 Å².